The maximum Gasteiger partial charge on any atom is 0.407 e. The number of aryl methyl sites for hydroxylation is 2. The van der Waals surface area contributed by atoms with Crippen molar-refractivity contribution >= 4 is 39.7 Å². The number of aromatic nitrogens is 4. The second-order valence-electron chi connectivity index (χ2n) is 16.8. The predicted octanol–water partition coefficient (Wildman–Crippen LogP) is 7.12. The van der Waals surface area contributed by atoms with Gasteiger partial charge in [0.25, 0.3) is 11.1 Å². The van der Waals surface area contributed by atoms with E-state index in [9.17, 15) is 24.0 Å². The smallest absolute Gasteiger partial charge is 0.407 e. The quantitative estimate of drug-likeness (QED) is 0.114. The van der Waals surface area contributed by atoms with Crippen LogP contribution in [0.5, 0.6) is 12.0 Å². The number of rotatable bonds is 13. The number of hydrogen-bond donors (Lipinski definition) is 3. The van der Waals surface area contributed by atoms with E-state index in [1.165, 1.54) is 57.1 Å². The number of aromatic amines is 2. The van der Waals surface area contributed by atoms with Gasteiger partial charge in [-0.15, -0.1) is 0 Å². The number of nitrogens with zero attached hydrogens (tertiary/aromatic N) is 4. The predicted molar refractivity (Wildman–Crippen MR) is 224 cm³/mol. The molecule has 60 heavy (non-hydrogen) atoms. The molecule has 4 fully saturated rings. The molecule has 4 aliphatic carbocycles. The maximum atomic E-state index is 12.7. The van der Waals surface area contributed by atoms with E-state index in [4.69, 9.17) is 23.2 Å². The highest BCUT2D eigenvalue weighted by atomic mass is 16.6. The van der Waals surface area contributed by atoms with Crippen LogP contribution < -0.4 is 37.4 Å². The lowest BCUT2D eigenvalue weighted by molar-refractivity contribution is 0.146. The number of fused-ring (bicyclic) bond motifs is 2. The molecule has 4 aliphatic rings. The molecule has 17 heteroatoms. The van der Waals surface area contributed by atoms with Crippen molar-refractivity contribution in [2.75, 3.05) is 6.61 Å². The van der Waals surface area contributed by atoms with Crippen LogP contribution in [0.2, 0.25) is 0 Å². The summed E-state index contributed by atoms with van der Waals surface area (Å²) in [5.74, 6) is 0.674. The zero-order valence-electron chi connectivity index (χ0n) is 34.5. The van der Waals surface area contributed by atoms with E-state index in [-0.39, 0.29) is 40.4 Å². The van der Waals surface area contributed by atoms with Gasteiger partial charge >= 0.3 is 29.4 Å². The van der Waals surface area contributed by atoms with E-state index in [0.29, 0.717) is 73.0 Å². The fraction of sp³-hybridized carbons (Fsp3) is 0.605. The summed E-state index contributed by atoms with van der Waals surface area (Å²) in [6.07, 6.45) is 19.2. The highest BCUT2D eigenvalue weighted by Crippen LogP contribution is 2.49. The first-order chi connectivity index (χ1) is 29.0. The van der Waals surface area contributed by atoms with Crippen LogP contribution in [0.15, 0.2) is 50.5 Å². The summed E-state index contributed by atoms with van der Waals surface area (Å²) in [5, 5.41) is 11.6. The second-order valence-corrected chi connectivity index (χ2v) is 16.8. The minimum absolute atomic E-state index is 0.0199. The first-order valence-corrected chi connectivity index (χ1v) is 21.6. The Bertz CT molecular complexity index is 2440. The maximum absolute atomic E-state index is 12.7. The fourth-order valence-corrected chi connectivity index (χ4v) is 8.36. The summed E-state index contributed by atoms with van der Waals surface area (Å²) in [7, 11) is 0. The molecule has 0 atom stereocenters. The molecule has 4 aromatic heterocycles. The Labute approximate surface area is 345 Å². The average Bonchev–Trinajstić information content (AvgIpc) is 3.71. The largest absolute Gasteiger partial charge is 0.450 e. The highest BCUT2D eigenvalue weighted by Gasteiger charge is 2.36. The van der Waals surface area contributed by atoms with Crippen LogP contribution in [-0.2, 0) is 17.6 Å². The summed E-state index contributed by atoms with van der Waals surface area (Å²) < 4.78 is 15.3. The summed E-state index contributed by atoms with van der Waals surface area (Å²) in [4.78, 5) is 85.0. The summed E-state index contributed by atoms with van der Waals surface area (Å²) in [6, 6.07) is 2.64. The van der Waals surface area contributed by atoms with Crippen LogP contribution in [0.1, 0.15) is 141 Å². The summed E-state index contributed by atoms with van der Waals surface area (Å²) >= 11 is 0. The van der Waals surface area contributed by atoms with Crippen molar-refractivity contribution in [3.63, 3.8) is 0 Å². The van der Waals surface area contributed by atoms with Crippen LogP contribution in [0, 0.1) is 11.3 Å². The van der Waals surface area contributed by atoms with E-state index >= 15 is 0 Å². The third-order valence-electron chi connectivity index (χ3n) is 12.1. The molecule has 1 amide bonds. The van der Waals surface area contributed by atoms with Gasteiger partial charge < -0.3 is 28.6 Å². The van der Waals surface area contributed by atoms with E-state index in [1.807, 2.05) is 0 Å². The van der Waals surface area contributed by atoms with Gasteiger partial charge in [-0.3, -0.25) is 19.6 Å². The molecule has 4 aromatic rings. The van der Waals surface area contributed by atoms with Gasteiger partial charge in [-0.1, -0.05) is 49.3 Å². The molecule has 0 aliphatic heterocycles. The van der Waals surface area contributed by atoms with Crippen molar-refractivity contribution in [3.8, 4) is 12.0 Å². The number of nitrogens with one attached hydrogen (secondary N) is 3. The number of ether oxygens (including phenoxy) is 1. The van der Waals surface area contributed by atoms with Gasteiger partial charge in [0.05, 0.1) is 18.0 Å². The summed E-state index contributed by atoms with van der Waals surface area (Å²) in [5.41, 5.74) is 1.68. The zero-order valence-corrected chi connectivity index (χ0v) is 34.5. The van der Waals surface area contributed by atoms with Gasteiger partial charge in [0.15, 0.2) is 0 Å². The molecule has 4 heterocycles. The Balaban J connectivity index is 0.000000185. The fourth-order valence-electron chi connectivity index (χ4n) is 8.36. The normalized spacial score (nSPS) is 18.7. The number of alkyl carbamates (subject to hydrolysis) is 1. The monoisotopic (exact) mass is 829 g/mol. The van der Waals surface area contributed by atoms with Crippen LogP contribution in [0.4, 0.5) is 4.79 Å². The molecule has 0 radical (unpaired) electrons. The van der Waals surface area contributed by atoms with Gasteiger partial charge in [0.1, 0.15) is 10.8 Å². The zero-order chi connectivity index (χ0) is 42.1. The molecule has 0 saturated heterocycles. The average molecular weight is 830 g/mol. The minimum Gasteiger partial charge on any atom is -0.450 e. The lowest BCUT2D eigenvalue weighted by Crippen LogP contribution is -2.38. The highest BCUT2D eigenvalue weighted by molar-refractivity contribution is 5.85. The molecular formula is C43H55N7O10. The van der Waals surface area contributed by atoms with Gasteiger partial charge in [-0.05, 0) is 126 Å². The molecule has 0 bridgehead atoms. The van der Waals surface area contributed by atoms with Crippen LogP contribution >= 0.6 is 0 Å². The third kappa shape index (κ3) is 11.6. The van der Waals surface area contributed by atoms with E-state index in [0.717, 1.165) is 56.4 Å². The molecule has 322 valence electrons. The number of hydrogen-bond acceptors (Lipinski definition) is 14. The third-order valence-corrected chi connectivity index (χ3v) is 12.1. The molecule has 3 N–H and O–H groups in total. The van der Waals surface area contributed by atoms with Crippen molar-refractivity contribution in [1.82, 2.24) is 25.3 Å². The number of oxime groups is 2. The SMILES string of the molecule is CCOC(=O)NC1CCC(=NOc2nc3oc(=O)cc(CCCC4(C)CC4)c3c(=O)[nH]2)CC1.O=c1cc(CCC2CCCC2)c2c(=O)[nH]c(ON=C3CCCCC3)nc2o1. The van der Waals surface area contributed by atoms with Crippen molar-refractivity contribution in [2.45, 2.75) is 148 Å². The van der Waals surface area contributed by atoms with Crippen LogP contribution in [-0.4, -0.2) is 50.1 Å². The number of carbonyl (C=O) groups excluding carboxylic acids is 1. The van der Waals surface area contributed by atoms with E-state index in [1.54, 1.807) is 6.92 Å². The van der Waals surface area contributed by atoms with Gasteiger partial charge in [-0.2, -0.15) is 9.97 Å². The van der Waals surface area contributed by atoms with Gasteiger partial charge in [0.2, 0.25) is 11.4 Å². The lowest BCUT2D eigenvalue weighted by Gasteiger charge is -2.23. The van der Waals surface area contributed by atoms with Crippen molar-refractivity contribution in [1.29, 1.82) is 0 Å². The van der Waals surface area contributed by atoms with E-state index in [2.05, 4.69) is 42.5 Å². The summed E-state index contributed by atoms with van der Waals surface area (Å²) in [6.45, 7) is 4.35. The topological polar surface area (TPSA) is 233 Å². The van der Waals surface area contributed by atoms with E-state index < -0.39 is 22.9 Å². The van der Waals surface area contributed by atoms with Gasteiger partial charge in [0, 0.05) is 18.2 Å². The number of carbonyl (C=O) groups is 1. The molecule has 0 aromatic carbocycles. The first kappa shape index (κ1) is 42.5. The Morgan fingerprint density at radius 1 is 0.783 bits per heavy atom. The standard InChI is InChI=1S/C23H30N4O6.C20H25N3O4/c1-3-31-22(30)24-15-6-8-16(9-7-15)27-33-21-25-19(29)18-14(5-4-10-23(2)11-12-23)13-17(28)32-20(18)26-21;24-16-12-14(11-10-13-6-4-5-7-13)17-18(25)21-20(22-19(17)26-16)27-23-15-8-2-1-3-9-15/h13,15H,3-12H2,1-2H3,(H,24,30)(H,25,26,29);12-13H,1-11H2,(H,21,22,25). The Morgan fingerprint density at radius 3 is 1.88 bits per heavy atom. The molecular weight excluding hydrogens is 775 g/mol. The Morgan fingerprint density at radius 2 is 1.33 bits per heavy atom. The lowest BCUT2D eigenvalue weighted by atomic mass is 9.94. The molecule has 0 spiro atoms. The van der Waals surface area contributed by atoms with Crippen LogP contribution in [0.25, 0.3) is 22.2 Å². The number of H-pyrrole nitrogens is 2. The first-order valence-electron chi connectivity index (χ1n) is 21.6. The Kier molecular flexibility index (Phi) is 13.9. The van der Waals surface area contributed by atoms with Gasteiger partial charge in [-0.25, -0.2) is 14.4 Å². The Hall–Kier alpha value is -5.61. The number of amides is 1. The molecule has 0 unspecified atom stereocenters. The van der Waals surface area contributed by atoms with Crippen molar-refractivity contribution < 1.29 is 28.0 Å². The molecule has 4 saturated carbocycles. The van der Waals surface area contributed by atoms with Crippen molar-refractivity contribution in [3.05, 3.63) is 64.8 Å². The molecule has 8 rings (SSSR count). The van der Waals surface area contributed by atoms with Crippen molar-refractivity contribution in [2.24, 2.45) is 21.6 Å². The minimum atomic E-state index is -0.544. The molecule has 17 nitrogen and oxygen atoms in total. The van der Waals surface area contributed by atoms with Crippen LogP contribution in [0.3, 0.4) is 0 Å². The second kappa shape index (κ2) is 19.6.